The predicted molar refractivity (Wildman–Crippen MR) is 61.8 cm³/mol. The minimum atomic E-state index is -0.625. The van der Waals surface area contributed by atoms with E-state index < -0.39 is 11.7 Å². The molecule has 3 N–H and O–H groups in total. The number of rotatable bonds is 2. The molecule has 0 saturated carbocycles. The third-order valence-corrected chi connectivity index (χ3v) is 2.61. The van der Waals surface area contributed by atoms with Gasteiger partial charge in [0.1, 0.15) is 17.3 Å². The first-order chi connectivity index (χ1) is 7.59. The van der Waals surface area contributed by atoms with Gasteiger partial charge in [-0.1, -0.05) is 12.1 Å². The van der Waals surface area contributed by atoms with Crippen LogP contribution < -0.4 is 11.0 Å². The highest BCUT2D eigenvalue weighted by Gasteiger charge is 2.13. The molecule has 1 aromatic carbocycles. The fourth-order valence-electron chi connectivity index (χ4n) is 1.36. The van der Waals surface area contributed by atoms with E-state index in [4.69, 9.17) is 5.73 Å². The Bertz CT molecular complexity index is 532. The van der Waals surface area contributed by atoms with E-state index in [2.05, 4.69) is 19.2 Å². The van der Waals surface area contributed by atoms with Gasteiger partial charge in [-0.3, -0.25) is 4.79 Å². The SMILES string of the molecule is NC(=O)c1cnc(-c2c(F)cccc2P)[nH]1. The Morgan fingerprint density at radius 2 is 2.25 bits per heavy atom. The molecule has 6 heteroatoms. The van der Waals surface area contributed by atoms with E-state index >= 15 is 0 Å². The van der Waals surface area contributed by atoms with E-state index in [1.165, 1.54) is 12.3 Å². The number of benzene rings is 1. The molecular formula is C10H9FN3OP. The minimum absolute atomic E-state index is 0.155. The van der Waals surface area contributed by atoms with Crippen LogP contribution in [0.1, 0.15) is 10.5 Å². The first-order valence-corrected chi connectivity index (χ1v) is 5.06. The van der Waals surface area contributed by atoms with Crippen molar-refractivity contribution in [1.29, 1.82) is 0 Å². The van der Waals surface area contributed by atoms with Crippen LogP contribution in [0.3, 0.4) is 0 Å². The second kappa shape index (κ2) is 4.02. The molecule has 1 atom stereocenters. The van der Waals surface area contributed by atoms with Crippen molar-refractivity contribution in [3.8, 4) is 11.4 Å². The number of aromatic amines is 1. The van der Waals surface area contributed by atoms with Crippen LogP contribution in [-0.2, 0) is 0 Å². The Morgan fingerprint density at radius 3 is 2.81 bits per heavy atom. The first-order valence-electron chi connectivity index (χ1n) is 4.48. The third kappa shape index (κ3) is 1.82. The van der Waals surface area contributed by atoms with E-state index in [0.717, 1.165) is 0 Å². The Kier molecular flexibility index (Phi) is 2.71. The van der Waals surface area contributed by atoms with E-state index in [9.17, 15) is 9.18 Å². The highest BCUT2D eigenvalue weighted by Crippen LogP contribution is 2.19. The number of hydrogen-bond donors (Lipinski definition) is 2. The lowest BCUT2D eigenvalue weighted by Gasteiger charge is -2.02. The number of nitrogens with zero attached hydrogens (tertiary/aromatic N) is 1. The van der Waals surface area contributed by atoms with Gasteiger partial charge in [0.15, 0.2) is 0 Å². The van der Waals surface area contributed by atoms with Gasteiger partial charge in [-0.25, -0.2) is 9.37 Å². The molecule has 1 heterocycles. The molecule has 0 aliphatic rings. The number of carbonyl (C=O) groups is 1. The molecule has 0 fully saturated rings. The molecule has 1 unspecified atom stereocenters. The summed E-state index contributed by atoms with van der Waals surface area (Å²) in [7, 11) is 2.41. The molecule has 2 aromatic rings. The van der Waals surface area contributed by atoms with E-state index in [1.54, 1.807) is 12.1 Å². The van der Waals surface area contributed by atoms with Crippen LogP contribution in [0.4, 0.5) is 4.39 Å². The summed E-state index contributed by atoms with van der Waals surface area (Å²) in [5.41, 5.74) is 5.55. The lowest BCUT2D eigenvalue weighted by molar-refractivity contribution is 0.0996. The highest BCUT2D eigenvalue weighted by molar-refractivity contribution is 7.27. The quantitative estimate of drug-likeness (QED) is 0.759. The van der Waals surface area contributed by atoms with Crippen LogP contribution in [0.15, 0.2) is 24.4 Å². The number of hydrogen-bond acceptors (Lipinski definition) is 2. The largest absolute Gasteiger partial charge is 0.364 e. The van der Waals surface area contributed by atoms with Gasteiger partial charge < -0.3 is 10.7 Å². The number of nitrogens with two attached hydrogens (primary N) is 1. The molecule has 0 aliphatic heterocycles. The second-order valence-corrected chi connectivity index (χ2v) is 3.84. The Morgan fingerprint density at radius 1 is 1.50 bits per heavy atom. The lowest BCUT2D eigenvalue weighted by atomic mass is 10.2. The molecule has 0 aliphatic carbocycles. The average molecular weight is 237 g/mol. The number of amides is 1. The second-order valence-electron chi connectivity index (χ2n) is 3.21. The molecule has 16 heavy (non-hydrogen) atoms. The predicted octanol–water partition coefficient (Wildman–Crippen LogP) is 0.815. The van der Waals surface area contributed by atoms with Gasteiger partial charge in [0.2, 0.25) is 0 Å². The average Bonchev–Trinajstić information content (AvgIpc) is 2.66. The van der Waals surface area contributed by atoms with E-state index in [-0.39, 0.29) is 11.5 Å². The number of carbonyl (C=O) groups excluding carboxylic acids is 1. The van der Waals surface area contributed by atoms with Gasteiger partial charge in [0.25, 0.3) is 5.91 Å². The summed E-state index contributed by atoms with van der Waals surface area (Å²) in [5, 5.41) is 0.658. The number of nitrogens with one attached hydrogen (secondary N) is 1. The number of halogens is 1. The Balaban J connectivity index is 2.54. The van der Waals surface area contributed by atoms with Crippen LogP contribution in [0.25, 0.3) is 11.4 Å². The smallest absolute Gasteiger partial charge is 0.266 e. The van der Waals surface area contributed by atoms with Gasteiger partial charge in [0, 0.05) is 0 Å². The van der Waals surface area contributed by atoms with Crippen LogP contribution in [0.2, 0.25) is 0 Å². The summed E-state index contributed by atoms with van der Waals surface area (Å²) in [4.78, 5) is 17.5. The standard InChI is InChI=1S/C10H9FN3OP/c11-5-2-1-3-7(16)8(5)10-13-4-6(14-10)9(12)15/h1-4H,16H2,(H2,12,15)(H,13,14). The molecule has 4 nitrogen and oxygen atoms in total. The van der Waals surface area contributed by atoms with Crippen molar-refractivity contribution in [2.24, 2.45) is 5.73 Å². The van der Waals surface area contributed by atoms with Crippen molar-refractivity contribution in [2.75, 3.05) is 0 Å². The van der Waals surface area contributed by atoms with Gasteiger partial charge in [-0.05, 0) is 11.4 Å². The lowest BCUT2D eigenvalue weighted by Crippen LogP contribution is -2.11. The molecule has 1 aromatic heterocycles. The van der Waals surface area contributed by atoms with Crippen molar-refractivity contribution < 1.29 is 9.18 Å². The molecular weight excluding hydrogens is 228 g/mol. The van der Waals surface area contributed by atoms with Gasteiger partial charge in [-0.15, -0.1) is 9.24 Å². The van der Waals surface area contributed by atoms with Crippen LogP contribution in [0.5, 0.6) is 0 Å². The molecule has 0 saturated heterocycles. The van der Waals surface area contributed by atoms with Crippen molar-refractivity contribution in [3.63, 3.8) is 0 Å². The van der Waals surface area contributed by atoms with Gasteiger partial charge in [0.05, 0.1) is 11.8 Å². The van der Waals surface area contributed by atoms with Crippen molar-refractivity contribution in [3.05, 3.63) is 35.9 Å². The summed E-state index contributed by atoms with van der Waals surface area (Å²) >= 11 is 0. The maximum absolute atomic E-state index is 13.6. The molecule has 0 radical (unpaired) electrons. The van der Waals surface area contributed by atoms with Crippen molar-refractivity contribution in [1.82, 2.24) is 9.97 Å². The molecule has 1 amide bonds. The maximum atomic E-state index is 13.6. The zero-order valence-electron chi connectivity index (χ0n) is 8.20. The minimum Gasteiger partial charge on any atom is -0.364 e. The van der Waals surface area contributed by atoms with Crippen LogP contribution in [-0.4, -0.2) is 15.9 Å². The zero-order chi connectivity index (χ0) is 11.7. The fraction of sp³-hybridized carbons (Fsp3) is 0. The third-order valence-electron chi connectivity index (χ3n) is 2.12. The van der Waals surface area contributed by atoms with Crippen molar-refractivity contribution >= 4 is 20.5 Å². The van der Waals surface area contributed by atoms with Crippen LogP contribution >= 0.6 is 9.24 Å². The highest BCUT2D eigenvalue weighted by atomic mass is 31.0. The number of H-pyrrole nitrogens is 1. The van der Waals surface area contributed by atoms with Gasteiger partial charge in [-0.2, -0.15) is 0 Å². The van der Waals surface area contributed by atoms with Crippen molar-refractivity contribution in [2.45, 2.75) is 0 Å². The van der Waals surface area contributed by atoms with Crippen LogP contribution in [0, 0.1) is 5.82 Å². The normalized spacial score (nSPS) is 10.4. The summed E-state index contributed by atoms with van der Waals surface area (Å²) in [6.45, 7) is 0. The summed E-state index contributed by atoms with van der Waals surface area (Å²) in [6.07, 6.45) is 1.29. The first kappa shape index (κ1) is 10.8. The molecule has 0 spiro atoms. The Hall–Kier alpha value is -1.74. The number of aromatic nitrogens is 2. The summed E-state index contributed by atoms with van der Waals surface area (Å²) < 4.78 is 13.6. The number of primary amides is 1. The number of imidazole rings is 1. The zero-order valence-corrected chi connectivity index (χ0v) is 9.35. The topological polar surface area (TPSA) is 71.8 Å². The van der Waals surface area contributed by atoms with E-state index in [1.807, 2.05) is 0 Å². The summed E-state index contributed by atoms with van der Waals surface area (Å²) in [6, 6.07) is 4.66. The monoisotopic (exact) mass is 237 g/mol. The van der Waals surface area contributed by atoms with E-state index in [0.29, 0.717) is 10.9 Å². The Labute approximate surface area is 93.3 Å². The maximum Gasteiger partial charge on any atom is 0.266 e. The molecule has 2 rings (SSSR count). The fourth-order valence-corrected chi connectivity index (χ4v) is 1.75. The molecule has 82 valence electrons. The van der Waals surface area contributed by atoms with Gasteiger partial charge >= 0.3 is 0 Å². The molecule has 0 bridgehead atoms. The summed E-state index contributed by atoms with van der Waals surface area (Å²) in [5.74, 6) is -0.741.